The van der Waals surface area contributed by atoms with Crippen molar-refractivity contribution in [2.24, 2.45) is 0 Å². The predicted octanol–water partition coefficient (Wildman–Crippen LogP) is 2.70. The molecule has 20 heavy (non-hydrogen) atoms. The first kappa shape index (κ1) is 14.0. The van der Waals surface area contributed by atoms with Crippen LogP contribution in [0.1, 0.15) is 15.9 Å². The number of hydrogen-bond acceptors (Lipinski definition) is 3. The summed E-state index contributed by atoms with van der Waals surface area (Å²) in [5, 5.41) is 5.84. The zero-order valence-electron chi connectivity index (χ0n) is 11.0. The van der Waals surface area contributed by atoms with Gasteiger partial charge in [0, 0.05) is 16.9 Å². The molecule has 0 heterocycles. The predicted molar refractivity (Wildman–Crippen MR) is 85.7 cm³/mol. The van der Waals surface area contributed by atoms with Crippen molar-refractivity contribution in [3.63, 3.8) is 0 Å². The average Bonchev–Trinajstić information content (AvgIpc) is 2.41. The molecule has 0 bridgehead atoms. The van der Waals surface area contributed by atoms with E-state index in [1.807, 2.05) is 25.1 Å². The van der Waals surface area contributed by atoms with Gasteiger partial charge in [-0.05, 0) is 55.0 Å². The Balaban J connectivity index is 2.00. The normalized spacial score (nSPS) is 9.85. The lowest BCUT2D eigenvalue weighted by Gasteiger charge is -2.10. The van der Waals surface area contributed by atoms with E-state index in [4.69, 9.17) is 18.0 Å². The molecule has 0 aliphatic carbocycles. The molecule has 0 aromatic heterocycles. The minimum absolute atomic E-state index is 0.226. The first-order valence-corrected chi connectivity index (χ1v) is 6.50. The van der Waals surface area contributed by atoms with Gasteiger partial charge in [0.2, 0.25) is 0 Å². The summed E-state index contributed by atoms with van der Waals surface area (Å²) in [6, 6.07) is 14.4. The second kappa shape index (κ2) is 6.16. The van der Waals surface area contributed by atoms with Crippen LogP contribution in [0.4, 0.5) is 11.4 Å². The molecule has 0 aliphatic rings. The Bertz CT molecular complexity index is 638. The molecule has 0 spiro atoms. The molecule has 0 radical (unpaired) electrons. The van der Waals surface area contributed by atoms with Gasteiger partial charge in [-0.25, -0.2) is 0 Å². The largest absolute Gasteiger partial charge is 0.399 e. The number of thiocarbonyl (C=S) groups is 1. The minimum Gasteiger partial charge on any atom is -0.399 e. The molecular weight excluding hydrogens is 270 g/mol. The van der Waals surface area contributed by atoms with Crippen molar-refractivity contribution < 1.29 is 4.79 Å². The summed E-state index contributed by atoms with van der Waals surface area (Å²) in [5.41, 5.74) is 8.55. The van der Waals surface area contributed by atoms with Gasteiger partial charge in [-0.15, -0.1) is 0 Å². The number of carbonyl (C=O) groups is 1. The molecule has 0 saturated carbocycles. The number of amides is 1. The van der Waals surface area contributed by atoms with Crippen molar-refractivity contribution in [2.45, 2.75) is 6.92 Å². The maximum absolute atomic E-state index is 12.1. The van der Waals surface area contributed by atoms with Crippen molar-refractivity contribution in [1.82, 2.24) is 5.32 Å². The van der Waals surface area contributed by atoms with Gasteiger partial charge >= 0.3 is 0 Å². The van der Waals surface area contributed by atoms with E-state index in [2.05, 4.69) is 10.6 Å². The van der Waals surface area contributed by atoms with Crippen LogP contribution in [0, 0.1) is 6.92 Å². The quantitative estimate of drug-likeness (QED) is 0.586. The number of nitrogens with two attached hydrogens (primary N) is 1. The maximum atomic E-state index is 12.1. The number of nitrogens with one attached hydrogen (secondary N) is 2. The van der Waals surface area contributed by atoms with Gasteiger partial charge in [0.15, 0.2) is 5.11 Å². The molecule has 0 unspecified atom stereocenters. The highest BCUT2D eigenvalue weighted by Gasteiger charge is 2.09. The number of hydrogen-bond donors (Lipinski definition) is 3. The highest BCUT2D eigenvalue weighted by Crippen LogP contribution is 2.11. The highest BCUT2D eigenvalue weighted by molar-refractivity contribution is 7.80. The zero-order valence-corrected chi connectivity index (χ0v) is 11.8. The Labute approximate surface area is 123 Å². The van der Waals surface area contributed by atoms with E-state index < -0.39 is 0 Å². The molecule has 0 atom stereocenters. The van der Waals surface area contributed by atoms with Crippen molar-refractivity contribution in [3.05, 3.63) is 59.7 Å². The van der Waals surface area contributed by atoms with Gasteiger partial charge in [-0.3, -0.25) is 10.1 Å². The lowest BCUT2D eigenvalue weighted by atomic mass is 10.1. The van der Waals surface area contributed by atoms with Crippen LogP contribution in [0.3, 0.4) is 0 Å². The van der Waals surface area contributed by atoms with Gasteiger partial charge in [0.25, 0.3) is 5.91 Å². The monoisotopic (exact) mass is 285 g/mol. The number of aryl methyl sites for hydroxylation is 1. The van der Waals surface area contributed by atoms with E-state index >= 15 is 0 Å². The second-order valence-corrected chi connectivity index (χ2v) is 4.75. The van der Waals surface area contributed by atoms with E-state index in [1.165, 1.54) is 0 Å². The number of rotatable bonds is 2. The first-order valence-electron chi connectivity index (χ1n) is 6.10. The number of carbonyl (C=O) groups excluding carboxylic acids is 1. The lowest BCUT2D eigenvalue weighted by molar-refractivity contribution is 0.0977. The molecule has 4 nitrogen and oxygen atoms in total. The summed E-state index contributed by atoms with van der Waals surface area (Å²) in [5.74, 6) is -0.226. The van der Waals surface area contributed by atoms with Crippen molar-refractivity contribution >= 4 is 34.6 Å². The van der Waals surface area contributed by atoms with Crippen LogP contribution in [0.5, 0.6) is 0 Å². The van der Waals surface area contributed by atoms with Crippen LogP contribution < -0.4 is 16.4 Å². The summed E-state index contributed by atoms with van der Waals surface area (Å²) >= 11 is 5.11. The van der Waals surface area contributed by atoms with Gasteiger partial charge in [0.1, 0.15) is 0 Å². The van der Waals surface area contributed by atoms with Crippen molar-refractivity contribution in [3.8, 4) is 0 Å². The first-order chi connectivity index (χ1) is 9.56. The van der Waals surface area contributed by atoms with Crippen LogP contribution in [0.15, 0.2) is 48.5 Å². The molecule has 2 rings (SSSR count). The van der Waals surface area contributed by atoms with Gasteiger partial charge in [-0.1, -0.05) is 18.2 Å². The smallest absolute Gasteiger partial charge is 0.257 e. The molecular formula is C15H15N3OS. The van der Waals surface area contributed by atoms with E-state index in [0.717, 1.165) is 11.3 Å². The van der Waals surface area contributed by atoms with E-state index in [9.17, 15) is 4.79 Å². The number of anilines is 2. The molecule has 0 saturated heterocycles. The third kappa shape index (κ3) is 3.55. The molecule has 0 fully saturated rings. The zero-order chi connectivity index (χ0) is 14.5. The molecule has 102 valence electrons. The summed E-state index contributed by atoms with van der Waals surface area (Å²) in [6.45, 7) is 1.88. The SMILES string of the molecule is Cc1ccccc1C(=O)NC(=S)Nc1ccc(N)cc1. The lowest BCUT2D eigenvalue weighted by Crippen LogP contribution is -2.34. The Morgan fingerprint density at radius 3 is 2.40 bits per heavy atom. The molecule has 0 aliphatic heterocycles. The van der Waals surface area contributed by atoms with E-state index in [0.29, 0.717) is 11.3 Å². The Hall–Kier alpha value is -2.40. The summed E-state index contributed by atoms with van der Waals surface area (Å²) in [7, 11) is 0. The average molecular weight is 285 g/mol. The van der Waals surface area contributed by atoms with Crippen molar-refractivity contribution in [2.75, 3.05) is 11.1 Å². The Morgan fingerprint density at radius 1 is 1.10 bits per heavy atom. The number of benzene rings is 2. The van der Waals surface area contributed by atoms with Gasteiger partial charge in [0.05, 0.1) is 0 Å². The minimum atomic E-state index is -0.226. The fraction of sp³-hybridized carbons (Fsp3) is 0.0667. The molecule has 4 N–H and O–H groups in total. The third-order valence-corrected chi connectivity index (χ3v) is 2.99. The van der Waals surface area contributed by atoms with Gasteiger partial charge in [-0.2, -0.15) is 0 Å². The van der Waals surface area contributed by atoms with Gasteiger partial charge < -0.3 is 11.1 Å². The maximum Gasteiger partial charge on any atom is 0.257 e. The Morgan fingerprint density at radius 2 is 1.75 bits per heavy atom. The van der Waals surface area contributed by atoms with Crippen LogP contribution in [0.25, 0.3) is 0 Å². The second-order valence-electron chi connectivity index (χ2n) is 4.35. The standard InChI is InChI=1S/C15H15N3OS/c1-10-4-2-3-5-13(10)14(19)18-15(20)17-12-8-6-11(16)7-9-12/h2-9H,16H2,1H3,(H2,17,18,19,20). The van der Waals surface area contributed by atoms with E-state index in [-0.39, 0.29) is 11.0 Å². The van der Waals surface area contributed by atoms with Crippen LogP contribution in [-0.4, -0.2) is 11.0 Å². The van der Waals surface area contributed by atoms with Crippen LogP contribution >= 0.6 is 12.2 Å². The van der Waals surface area contributed by atoms with Crippen LogP contribution in [0.2, 0.25) is 0 Å². The summed E-state index contributed by atoms with van der Waals surface area (Å²) in [4.78, 5) is 12.1. The Kier molecular flexibility index (Phi) is 4.32. The highest BCUT2D eigenvalue weighted by atomic mass is 32.1. The third-order valence-electron chi connectivity index (χ3n) is 2.79. The topological polar surface area (TPSA) is 67.2 Å². The van der Waals surface area contributed by atoms with Crippen LogP contribution in [-0.2, 0) is 0 Å². The van der Waals surface area contributed by atoms with E-state index in [1.54, 1.807) is 30.3 Å². The fourth-order valence-corrected chi connectivity index (χ4v) is 1.94. The summed E-state index contributed by atoms with van der Waals surface area (Å²) in [6.07, 6.45) is 0. The van der Waals surface area contributed by atoms with Crippen molar-refractivity contribution in [1.29, 1.82) is 0 Å². The molecule has 2 aromatic carbocycles. The summed E-state index contributed by atoms with van der Waals surface area (Å²) < 4.78 is 0. The molecule has 2 aromatic rings. The fourth-order valence-electron chi connectivity index (χ4n) is 1.73. The number of nitrogen functional groups attached to an aromatic ring is 1. The molecule has 1 amide bonds. The molecule has 5 heteroatoms.